The third kappa shape index (κ3) is 3.09. The van der Waals surface area contributed by atoms with Crippen molar-refractivity contribution in [3.63, 3.8) is 0 Å². The van der Waals surface area contributed by atoms with Gasteiger partial charge in [0.2, 0.25) is 0 Å². The van der Waals surface area contributed by atoms with Crippen LogP contribution < -0.4 is 4.74 Å². The lowest BCUT2D eigenvalue weighted by Gasteiger charge is -2.25. The summed E-state index contributed by atoms with van der Waals surface area (Å²) >= 11 is 0. The Bertz CT molecular complexity index is 687. The molecular weight excluding hydrogens is 290 g/mol. The van der Waals surface area contributed by atoms with Crippen molar-refractivity contribution < 1.29 is 9.53 Å². The van der Waals surface area contributed by atoms with Crippen molar-refractivity contribution in [1.82, 2.24) is 14.7 Å². The molecule has 0 spiro atoms. The normalized spacial score (nSPS) is 14.4. The van der Waals surface area contributed by atoms with E-state index in [2.05, 4.69) is 5.10 Å². The van der Waals surface area contributed by atoms with Gasteiger partial charge >= 0.3 is 0 Å². The molecule has 1 unspecified atom stereocenters. The summed E-state index contributed by atoms with van der Waals surface area (Å²) in [5.74, 6) is 0.843. The summed E-state index contributed by atoms with van der Waals surface area (Å²) < 4.78 is 7.34. The molecule has 23 heavy (non-hydrogen) atoms. The average molecular weight is 313 g/mol. The van der Waals surface area contributed by atoms with Crippen LogP contribution in [0.5, 0.6) is 5.75 Å². The van der Waals surface area contributed by atoms with Gasteiger partial charge in [0.25, 0.3) is 5.91 Å². The van der Waals surface area contributed by atoms with E-state index in [4.69, 9.17) is 4.74 Å². The summed E-state index contributed by atoms with van der Waals surface area (Å²) in [7, 11) is 3.51. The number of rotatable bonds is 5. The smallest absolute Gasteiger partial charge is 0.274 e. The molecule has 0 saturated carbocycles. The fraction of sp³-hybridized carbons (Fsp3) is 0.444. The van der Waals surface area contributed by atoms with Gasteiger partial charge in [-0.2, -0.15) is 5.10 Å². The molecule has 1 atom stereocenters. The minimum absolute atomic E-state index is 0.0192. The number of hydrogen-bond acceptors (Lipinski definition) is 3. The second-order valence-electron chi connectivity index (χ2n) is 6.13. The van der Waals surface area contributed by atoms with E-state index in [0.29, 0.717) is 5.69 Å². The van der Waals surface area contributed by atoms with Crippen molar-refractivity contribution >= 4 is 5.91 Å². The Morgan fingerprint density at radius 3 is 2.96 bits per heavy atom. The van der Waals surface area contributed by atoms with Crippen LogP contribution in [0.2, 0.25) is 0 Å². The highest BCUT2D eigenvalue weighted by Gasteiger charge is 2.23. The van der Waals surface area contributed by atoms with Crippen LogP contribution in [0.15, 0.2) is 30.3 Å². The maximum Gasteiger partial charge on any atom is 0.274 e. The predicted molar refractivity (Wildman–Crippen MR) is 88.8 cm³/mol. The molecule has 0 saturated heterocycles. The number of likely N-dealkylation sites (N-methyl/N-ethyl adjacent to an activating group) is 1. The summed E-state index contributed by atoms with van der Waals surface area (Å²) in [5, 5.41) is 4.44. The monoisotopic (exact) mass is 313 g/mol. The number of para-hydroxylation sites is 1. The van der Waals surface area contributed by atoms with Gasteiger partial charge in [-0.25, -0.2) is 0 Å². The molecule has 5 nitrogen and oxygen atoms in total. The summed E-state index contributed by atoms with van der Waals surface area (Å²) in [6, 6.07) is 9.93. The van der Waals surface area contributed by atoms with Gasteiger partial charge in [-0.15, -0.1) is 0 Å². The Labute approximate surface area is 136 Å². The van der Waals surface area contributed by atoms with E-state index in [1.54, 1.807) is 12.0 Å². The van der Waals surface area contributed by atoms with Gasteiger partial charge in [0.15, 0.2) is 5.69 Å². The Balaban J connectivity index is 1.71. The minimum Gasteiger partial charge on any atom is -0.496 e. The van der Waals surface area contributed by atoms with Gasteiger partial charge < -0.3 is 9.64 Å². The molecule has 3 rings (SSSR count). The number of fused-ring (bicyclic) bond motifs is 1. The molecule has 2 aromatic rings. The first-order chi connectivity index (χ1) is 11.1. The number of nitrogens with zero attached hydrogens (tertiary/aromatic N) is 3. The first-order valence-electron chi connectivity index (χ1n) is 8.06. The summed E-state index contributed by atoms with van der Waals surface area (Å²) in [4.78, 5) is 14.4. The maximum atomic E-state index is 12.7. The number of benzene rings is 1. The fourth-order valence-corrected chi connectivity index (χ4v) is 3.07. The highest BCUT2D eigenvalue weighted by molar-refractivity contribution is 5.92. The van der Waals surface area contributed by atoms with E-state index in [1.165, 1.54) is 5.69 Å². The average Bonchev–Trinajstić information content (AvgIpc) is 3.15. The molecule has 0 radical (unpaired) electrons. The van der Waals surface area contributed by atoms with Gasteiger partial charge in [0.1, 0.15) is 5.75 Å². The molecule has 1 aliphatic rings. The van der Waals surface area contributed by atoms with Crippen molar-refractivity contribution in [2.75, 3.05) is 14.2 Å². The Kier molecular flexibility index (Phi) is 4.37. The molecule has 1 amide bonds. The van der Waals surface area contributed by atoms with E-state index in [1.807, 2.05) is 49.0 Å². The van der Waals surface area contributed by atoms with Gasteiger partial charge in [-0.05, 0) is 43.9 Å². The Hall–Kier alpha value is -2.30. The summed E-state index contributed by atoms with van der Waals surface area (Å²) in [6.07, 6.45) is 2.89. The molecule has 0 N–H and O–H groups in total. The van der Waals surface area contributed by atoms with Crippen LogP contribution in [0.25, 0.3) is 0 Å². The highest BCUT2D eigenvalue weighted by atomic mass is 16.5. The first kappa shape index (κ1) is 15.6. The van der Waals surface area contributed by atoms with E-state index in [-0.39, 0.29) is 11.9 Å². The minimum atomic E-state index is -0.0192. The zero-order valence-electron chi connectivity index (χ0n) is 14.0. The van der Waals surface area contributed by atoms with Gasteiger partial charge in [-0.3, -0.25) is 9.48 Å². The zero-order chi connectivity index (χ0) is 16.4. The number of carbonyl (C=O) groups excluding carboxylic acids is 1. The van der Waals surface area contributed by atoms with Crippen LogP contribution in [-0.4, -0.2) is 40.8 Å². The highest BCUT2D eigenvalue weighted by Crippen LogP contribution is 2.21. The van der Waals surface area contributed by atoms with Crippen molar-refractivity contribution in [3.05, 3.63) is 47.3 Å². The fourth-order valence-electron chi connectivity index (χ4n) is 3.07. The van der Waals surface area contributed by atoms with Crippen LogP contribution >= 0.6 is 0 Å². The Morgan fingerprint density at radius 2 is 2.22 bits per heavy atom. The van der Waals surface area contributed by atoms with Crippen LogP contribution in [-0.2, 0) is 19.4 Å². The first-order valence-corrected chi connectivity index (χ1v) is 8.06. The van der Waals surface area contributed by atoms with Gasteiger partial charge in [0, 0.05) is 25.3 Å². The lowest BCUT2D eigenvalue weighted by molar-refractivity contribution is 0.0736. The lowest BCUT2D eigenvalue weighted by Crippen LogP contribution is -2.36. The molecular formula is C18H23N3O2. The predicted octanol–water partition coefficient (Wildman–Crippen LogP) is 2.54. The molecule has 1 aliphatic heterocycles. The van der Waals surface area contributed by atoms with E-state index < -0.39 is 0 Å². The van der Waals surface area contributed by atoms with E-state index in [0.717, 1.165) is 37.1 Å². The molecule has 0 fully saturated rings. The largest absolute Gasteiger partial charge is 0.496 e. The summed E-state index contributed by atoms with van der Waals surface area (Å²) in [6.45, 7) is 2.97. The number of hydrogen-bond donors (Lipinski definition) is 0. The molecule has 1 aromatic carbocycles. The second kappa shape index (κ2) is 6.44. The number of aryl methyl sites for hydroxylation is 2. The van der Waals surface area contributed by atoms with E-state index >= 15 is 0 Å². The summed E-state index contributed by atoms with van der Waals surface area (Å²) in [5.41, 5.74) is 2.82. The number of methoxy groups -OCH3 is 1. The van der Waals surface area contributed by atoms with Gasteiger partial charge in [0.05, 0.1) is 7.11 Å². The number of aromatic nitrogens is 2. The molecule has 0 aliphatic carbocycles. The van der Waals surface area contributed by atoms with Crippen molar-refractivity contribution in [1.29, 1.82) is 0 Å². The topological polar surface area (TPSA) is 47.4 Å². The number of ether oxygens (including phenoxy) is 1. The quantitative estimate of drug-likeness (QED) is 0.852. The van der Waals surface area contributed by atoms with Crippen LogP contribution in [0.1, 0.15) is 35.1 Å². The molecule has 122 valence electrons. The van der Waals surface area contributed by atoms with Crippen molar-refractivity contribution in [3.8, 4) is 5.75 Å². The van der Waals surface area contributed by atoms with Gasteiger partial charge in [-0.1, -0.05) is 18.2 Å². The van der Waals surface area contributed by atoms with Crippen LogP contribution in [0.4, 0.5) is 0 Å². The maximum absolute atomic E-state index is 12.7. The molecule has 5 heteroatoms. The van der Waals surface area contributed by atoms with E-state index in [9.17, 15) is 4.79 Å². The van der Waals surface area contributed by atoms with Crippen LogP contribution in [0.3, 0.4) is 0 Å². The number of amides is 1. The van der Waals surface area contributed by atoms with Crippen LogP contribution in [0, 0.1) is 0 Å². The van der Waals surface area contributed by atoms with Crippen molar-refractivity contribution in [2.24, 2.45) is 0 Å². The second-order valence-corrected chi connectivity index (χ2v) is 6.13. The third-order valence-corrected chi connectivity index (χ3v) is 4.57. The van der Waals surface area contributed by atoms with Crippen molar-refractivity contribution in [2.45, 2.75) is 38.8 Å². The molecule has 1 aromatic heterocycles. The number of carbonyl (C=O) groups is 1. The third-order valence-electron chi connectivity index (χ3n) is 4.57. The molecule has 0 bridgehead atoms. The Morgan fingerprint density at radius 1 is 1.43 bits per heavy atom. The lowest BCUT2D eigenvalue weighted by atomic mass is 10.0. The zero-order valence-corrected chi connectivity index (χ0v) is 14.0. The SMILES string of the molecule is COc1ccccc1CC(C)N(C)C(=O)c1cc2n(n1)CCC2. The molecule has 2 heterocycles. The standard InChI is InChI=1S/C18H23N3O2/c1-13(11-14-7-4-5-9-17(14)23-3)20(2)18(22)16-12-15-8-6-10-21(15)19-16/h4-5,7,9,12-13H,6,8,10-11H2,1-3H3.